The maximum atomic E-state index is 13.0. The van der Waals surface area contributed by atoms with Gasteiger partial charge in [-0.1, -0.05) is 27.2 Å². The minimum absolute atomic E-state index is 0.310. The lowest BCUT2D eigenvalue weighted by Crippen LogP contribution is -2.27. The second-order valence-electron chi connectivity index (χ2n) is 4.83. The molecule has 0 aromatic heterocycles. The van der Waals surface area contributed by atoms with E-state index in [1.807, 2.05) is 0 Å². The summed E-state index contributed by atoms with van der Waals surface area (Å²) in [5.41, 5.74) is 0.310. The first kappa shape index (κ1) is 9.02. The van der Waals surface area contributed by atoms with E-state index in [2.05, 4.69) is 20.8 Å². The Kier molecular flexibility index (Phi) is 2.56. The van der Waals surface area contributed by atoms with Gasteiger partial charge in [0.1, 0.15) is 6.17 Å². The summed E-state index contributed by atoms with van der Waals surface area (Å²) >= 11 is 0. The molecule has 0 saturated heterocycles. The first-order chi connectivity index (χ1) is 5.00. The molecule has 0 N–H and O–H groups in total. The van der Waals surface area contributed by atoms with Crippen molar-refractivity contribution in [1.29, 1.82) is 0 Å². The van der Waals surface area contributed by atoms with Gasteiger partial charge in [0.05, 0.1) is 0 Å². The van der Waals surface area contributed by atoms with Crippen molar-refractivity contribution in [2.45, 2.75) is 52.6 Å². The lowest BCUT2D eigenvalue weighted by atomic mass is 9.72. The zero-order chi connectivity index (χ0) is 8.48. The van der Waals surface area contributed by atoms with Gasteiger partial charge in [0, 0.05) is 0 Å². The van der Waals surface area contributed by atoms with Gasteiger partial charge in [0.25, 0.3) is 0 Å². The summed E-state index contributed by atoms with van der Waals surface area (Å²) in [5, 5.41) is 0. The van der Waals surface area contributed by atoms with Crippen LogP contribution in [0.1, 0.15) is 46.5 Å². The fourth-order valence-corrected chi connectivity index (χ4v) is 1.92. The fourth-order valence-electron chi connectivity index (χ4n) is 1.92. The van der Waals surface area contributed by atoms with Gasteiger partial charge in [-0.25, -0.2) is 4.39 Å². The second kappa shape index (κ2) is 3.12. The number of rotatable bonds is 0. The Morgan fingerprint density at radius 3 is 2.18 bits per heavy atom. The number of halogens is 1. The van der Waals surface area contributed by atoms with Crippen LogP contribution >= 0.6 is 0 Å². The molecule has 0 bridgehead atoms. The minimum atomic E-state index is -0.520. The Labute approximate surface area is 69.2 Å². The zero-order valence-corrected chi connectivity index (χ0v) is 7.86. The Morgan fingerprint density at radius 2 is 1.82 bits per heavy atom. The number of hydrogen-bond acceptors (Lipinski definition) is 0. The van der Waals surface area contributed by atoms with Crippen molar-refractivity contribution >= 4 is 0 Å². The first-order valence-electron chi connectivity index (χ1n) is 4.64. The molecule has 0 aromatic carbocycles. The highest BCUT2D eigenvalue weighted by molar-refractivity contribution is 4.80. The van der Waals surface area contributed by atoms with Gasteiger partial charge in [-0.2, -0.15) is 0 Å². The molecule has 0 amide bonds. The van der Waals surface area contributed by atoms with Crippen LogP contribution in [0.4, 0.5) is 4.39 Å². The summed E-state index contributed by atoms with van der Waals surface area (Å²) in [7, 11) is 0. The molecular formula is C10H19F. The quantitative estimate of drug-likeness (QED) is 0.505. The highest BCUT2D eigenvalue weighted by atomic mass is 19.1. The maximum absolute atomic E-state index is 13.0. The summed E-state index contributed by atoms with van der Waals surface area (Å²) in [5.74, 6) is 0.603. The van der Waals surface area contributed by atoms with Gasteiger partial charge in [-0.05, 0) is 30.6 Å². The van der Waals surface area contributed by atoms with E-state index in [0.717, 1.165) is 19.3 Å². The van der Waals surface area contributed by atoms with Crippen LogP contribution in [0.25, 0.3) is 0 Å². The molecule has 1 heteroatoms. The SMILES string of the molecule is CC(C)(C)C1CCCC(F)C1. The van der Waals surface area contributed by atoms with Crippen LogP contribution < -0.4 is 0 Å². The lowest BCUT2D eigenvalue weighted by molar-refractivity contribution is 0.115. The van der Waals surface area contributed by atoms with Crippen LogP contribution in [-0.2, 0) is 0 Å². The van der Waals surface area contributed by atoms with Gasteiger partial charge in [0.15, 0.2) is 0 Å². The van der Waals surface area contributed by atoms with Gasteiger partial charge in [-0.15, -0.1) is 0 Å². The topological polar surface area (TPSA) is 0 Å². The number of hydrogen-bond donors (Lipinski definition) is 0. The Balaban J connectivity index is 2.46. The van der Waals surface area contributed by atoms with Gasteiger partial charge in [0.2, 0.25) is 0 Å². The third-order valence-electron chi connectivity index (χ3n) is 2.83. The van der Waals surface area contributed by atoms with Crippen LogP contribution in [0, 0.1) is 11.3 Å². The monoisotopic (exact) mass is 158 g/mol. The van der Waals surface area contributed by atoms with E-state index in [0.29, 0.717) is 11.3 Å². The van der Waals surface area contributed by atoms with Crippen molar-refractivity contribution in [3.8, 4) is 0 Å². The normalized spacial score (nSPS) is 33.8. The fraction of sp³-hybridized carbons (Fsp3) is 1.00. The Hall–Kier alpha value is -0.0700. The summed E-state index contributed by atoms with van der Waals surface area (Å²) in [4.78, 5) is 0. The van der Waals surface area contributed by atoms with Crippen LogP contribution in [0.2, 0.25) is 0 Å². The van der Waals surface area contributed by atoms with Crippen LogP contribution in [-0.4, -0.2) is 6.17 Å². The third kappa shape index (κ3) is 2.46. The number of alkyl halides is 1. The average Bonchev–Trinajstić information content (AvgIpc) is 1.86. The molecule has 1 aliphatic carbocycles. The molecule has 0 spiro atoms. The predicted molar refractivity (Wildman–Crippen MR) is 46.3 cm³/mol. The Morgan fingerprint density at radius 1 is 1.18 bits per heavy atom. The summed E-state index contributed by atoms with van der Waals surface area (Å²) < 4.78 is 13.0. The van der Waals surface area contributed by atoms with Crippen molar-refractivity contribution in [2.75, 3.05) is 0 Å². The summed E-state index contributed by atoms with van der Waals surface area (Å²) in [6, 6.07) is 0. The molecule has 0 heterocycles. The van der Waals surface area contributed by atoms with E-state index in [-0.39, 0.29) is 0 Å². The van der Waals surface area contributed by atoms with E-state index in [1.165, 1.54) is 6.42 Å². The molecule has 2 unspecified atom stereocenters. The molecule has 1 rings (SSSR count). The van der Waals surface area contributed by atoms with Gasteiger partial charge < -0.3 is 0 Å². The van der Waals surface area contributed by atoms with Crippen molar-refractivity contribution in [2.24, 2.45) is 11.3 Å². The molecule has 11 heavy (non-hydrogen) atoms. The second-order valence-corrected chi connectivity index (χ2v) is 4.83. The molecular weight excluding hydrogens is 139 g/mol. The molecule has 1 aliphatic rings. The third-order valence-corrected chi connectivity index (χ3v) is 2.83. The molecule has 0 aliphatic heterocycles. The standard InChI is InChI=1S/C10H19F/c1-10(2,3)8-5-4-6-9(11)7-8/h8-9H,4-7H2,1-3H3. The van der Waals surface area contributed by atoms with Crippen molar-refractivity contribution in [1.82, 2.24) is 0 Å². The Bertz CT molecular complexity index is 123. The highest BCUT2D eigenvalue weighted by Gasteiger charge is 2.30. The molecule has 0 nitrogen and oxygen atoms in total. The van der Waals surface area contributed by atoms with Crippen molar-refractivity contribution in [3.63, 3.8) is 0 Å². The average molecular weight is 158 g/mol. The van der Waals surface area contributed by atoms with Crippen LogP contribution in [0.3, 0.4) is 0 Å². The molecule has 2 atom stereocenters. The highest BCUT2D eigenvalue weighted by Crippen LogP contribution is 2.38. The molecule has 1 fully saturated rings. The van der Waals surface area contributed by atoms with Crippen molar-refractivity contribution in [3.05, 3.63) is 0 Å². The van der Waals surface area contributed by atoms with Crippen LogP contribution in [0.5, 0.6) is 0 Å². The minimum Gasteiger partial charge on any atom is -0.247 e. The molecule has 0 radical (unpaired) electrons. The zero-order valence-electron chi connectivity index (χ0n) is 7.86. The van der Waals surface area contributed by atoms with Crippen LogP contribution in [0.15, 0.2) is 0 Å². The smallest absolute Gasteiger partial charge is 0.100 e. The van der Waals surface area contributed by atoms with Gasteiger partial charge in [-0.3, -0.25) is 0 Å². The van der Waals surface area contributed by atoms with Crippen molar-refractivity contribution < 1.29 is 4.39 Å². The molecule has 66 valence electrons. The van der Waals surface area contributed by atoms with E-state index in [1.54, 1.807) is 0 Å². The first-order valence-corrected chi connectivity index (χ1v) is 4.64. The largest absolute Gasteiger partial charge is 0.247 e. The molecule has 0 aromatic rings. The van der Waals surface area contributed by atoms with Gasteiger partial charge >= 0.3 is 0 Å². The van der Waals surface area contributed by atoms with E-state index < -0.39 is 6.17 Å². The van der Waals surface area contributed by atoms with E-state index >= 15 is 0 Å². The predicted octanol–water partition coefficient (Wildman–Crippen LogP) is 3.56. The lowest BCUT2D eigenvalue weighted by Gasteiger charge is -2.35. The van der Waals surface area contributed by atoms with E-state index in [9.17, 15) is 4.39 Å². The maximum Gasteiger partial charge on any atom is 0.100 e. The van der Waals surface area contributed by atoms with E-state index in [4.69, 9.17) is 0 Å². The molecule has 1 saturated carbocycles. The summed E-state index contributed by atoms with van der Waals surface area (Å²) in [6.07, 6.45) is 3.39. The summed E-state index contributed by atoms with van der Waals surface area (Å²) in [6.45, 7) is 6.65.